The fourth-order valence-corrected chi connectivity index (χ4v) is 5.33. The van der Waals surface area contributed by atoms with Crippen molar-refractivity contribution in [2.75, 3.05) is 13.2 Å². The molecule has 0 bridgehead atoms. The van der Waals surface area contributed by atoms with E-state index in [-0.39, 0.29) is 11.8 Å². The van der Waals surface area contributed by atoms with Gasteiger partial charge in [-0.2, -0.15) is 0 Å². The highest BCUT2D eigenvalue weighted by Gasteiger charge is 2.48. The molecule has 1 saturated heterocycles. The molecule has 11 nitrogen and oxygen atoms in total. The molecule has 1 aromatic heterocycles. The number of aliphatic hydroxyl groups is 1. The van der Waals surface area contributed by atoms with Gasteiger partial charge in [0.2, 0.25) is 15.6 Å². The van der Waals surface area contributed by atoms with Crippen LogP contribution in [0.25, 0.3) is 16.8 Å². The number of fused-ring (bicyclic) bond motifs is 1. The van der Waals surface area contributed by atoms with Crippen LogP contribution in [0.5, 0.6) is 0 Å². The summed E-state index contributed by atoms with van der Waals surface area (Å²) in [5.41, 5.74) is 3.55. The summed E-state index contributed by atoms with van der Waals surface area (Å²) in [5, 5.41) is 18.7. The number of hydrogen-bond acceptors (Lipinski definition) is 8. The standard InChI is InChI=1S/C32H40Cl3N5O6/c1-18(2)26(27(42)37-19(3)28(43)40-13-5-6-25(39-40)29(44)46-17-32(33,34)35)38-30(45)31(11-12-31)10-9-24-15-23-14-21(20(4)41)7-8-22(23)16-36-24/h7-10,14-16,18-20,25-26,39,41H,5-6,11-13,17H2,1-4H3,(H,37,42)(H,38,45)/b10-9+/t19-,20+,25-,26-/m0/s1. The smallest absolute Gasteiger partial charge is 0.325 e. The largest absolute Gasteiger partial charge is 0.460 e. The monoisotopic (exact) mass is 695 g/mol. The van der Waals surface area contributed by atoms with E-state index in [2.05, 4.69) is 21.0 Å². The van der Waals surface area contributed by atoms with Gasteiger partial charge in [-0.05, 0) is 74.6 Å². The minimum absolute atomic E-state index is 0.263. The quantitative estimate of drug-likeness (QED) is 0.202. The number of ether oxygens (including phenoxy) is 1. The third-order valence-electron chi connectivity index (χ3n) is 8.14. The number of pyridine rings is 1. The lowest BCUT2D eigenvalue weighted by Gasteiger charge is -2.34. The summed E-state index contributed by atoms with van der Waals surface area (Å²) in [6.45, 7) is 6.76. The highest BCUT2D eigenvalue weighted by Crippen LogP contribution is 2.48. The first-order chi connectivity index (χ1) is 21.6. The topological polar surface area (TPSA) is 150 Å². The second-order valence-corrected chi connectivity index (χ2v) is 14.9. The van der Waals surface area contributed by atoms with Gasteiger partial charge >= 0.3 is 5.97 Å². The van der Waals surface area contributed by atoms with Crippen molar-refractivity contribution in [2.45, 2.75) is 81.4 Å². The van der Waals surface area contributed by atoms with Gasteiger partial charge in [0.1, 0.15) is 24.7 Å². The van der Waals surface area contributed by atoms with Crippen LogP contribution in [0.15, 0.2) is 36.5 Å². The van der Waals surface area contributed by atoms with Crippen LogP contribution in [0.4, 0.5) is 0 Å². The SMILES string of the molecule is CC(C)[C@H](NC(=O)C1(/C=C/c2cc3cc([C@@H](C)O)ccc3cn2)CC1)C(=O)N[C@@H](C)C(=O)N1CCC[C@@H](C(=O)OCC(Cl)(Cl)Cl)N1. The van der Waals surface area contributed by atoms with Gasteiger partial charge in [-0.15, -0.1) is 0 Å². The Morgan fingerprint density at radius 1 is 1.13 bits per heavy atom. The van der Waals surface area contributed by atoms with Crippen LogP contribution in [0.1, 0.15) is 70.7 Å². The summed E-state index contributed by atoms with van der Waals surface area (Å²) < 4.78 is 3.28. The van der Waals surface area contributed by atoms with E-state index < -0.39 is 57.8 Å². The van der Waals surface area contributed by atoms with E-state index in [1.165, 1.54) is 11.9 Å². The van der Waals surface area contributed by atoms with Crippen molar-refractivity contribution in [2.24, 2.45) is 11.3 Å². The normalized spacial score (nSPS) is 19.8. The number of nitrogens with one attached hydrogen (secondary N) is 3. The predicted molar refractivity (Wildman–Crippen MR) is 177 cm³/mol. The molecule has 250 valence electrons. The van der Waals surface area contributed by atoms with Crippen molar-refractivity contribution >= 4 is 75.3 Å². The Morgan fingerprint density at radius 3 is 2.48 bits per heavy atom. The van der Waals surface area contributed by atoms with Gasteiger partial charge in [0, 0.05) is 18.1 Å². The molecular weight excluding hydrogens is 657 g/mol. The van der Waals surface area contributed by atoms with Crippen LogP contribution in [0.3, 0.4) is 0 Å². The van der Waals surface area contributed by atoms with Crippen LogP contribution in [-0.4, -0.2) is 73.9 Å². The predicted octanol–water partition coefficient (Wildman–Crippen LogP) is 4.14. The molecule has 46 heavy (non-hydrogen) atoms. The molecule has 4 rings (SSSR count). The highest BCUT2D eigenvalue weighted by molar-refractivity contribution is 6.67. The molecule has 1 aliphatic carbocycles. The van der Waals surface area contributed by atoms with E-state index in [1.807, 2.05) is 44.2 Å². The van der Waals surface area contributed by atoms with Crippen molar-refractivity contribution in [3.63, 3.8) is 0 Å². The van der Waals surface area contributed by atoms with Crippen molar-refractivity contribution in [1.82, 2.24) is 26.1 Å². The molecule has 0 spiro atoms. The molecule has 4 atom stereocenters. The molecule has 1 saturated carbocycles. The number of benzene rings is 1. The second kappa shape index (κ2) is 14.9. The van der Waals surface area contributed by atoms with E-state index in [1.54, 1.807) is 19.2 Å². The van der Waals surface area contributed by atoms with Crippen LogP contribution in [0.2, 0.25) is 0 Å². The highest BCUT2D eigenvalue weighted by atomic mass is 35.6. The Balaban J connectivity index is 1.35. The number of halogens is 3. The van der Waals surface area contributed by atoms with E-state index >= 15 is 0 Å². The van der Waals surface area contributed by atoms with Gasteiger partial charge in [-0.25, -0.2) is 5.43 Å². The second-order valence-electron chi connectivity index (χ2n) is 12.3. The maximum atomic E-state index is 13.4. The zero-order chi connectivity index (χ0) is 33.8. The lowest BCUT2D eigenvalue weighted by molar-refractivity contribution is -0.152. The maximum absolute atomic E-state index is 13.4. The fraction of sp³-hybridized carbons (Fsp3) is 0.531. The van der Waals surface area contributed by atoms with Crippen molar-refractivity contribution in [3.05, 3.63) is 47.8 Å². The first-order valence-electron chi connectivity index (χ1n) is 15.3. The molecule has 1 aliphatic heterocycles. The first kappa shape index (κ1) is 35.9. The summed E-state index contributed by atoms with van der Waals surface area (Å²) in [6.07, 6.45) is 6.98. The minimum Gasteiger partial charge on any atom is -0.460 e. The Morgan fingerprint density at radius 2 is 1.85 bits per heavy atom. The number of aliphatic hydroxyl groups excluding tert-OH is 1. The van der Waals surface area contributed by atoms with Gasteiger partial charge in [-0.1, -0.05) is 66.9 Å². The average Bonchev–Trinajstić information content (AvgIpc) is 3.81. The number of hydrogen-bond donors (Lipinski definition) is 4. The van der Waals surface area contributed by atoms with Gasteiger partial charge in [-0.3, -0.25) is 29.2 Å². The number of carbonyl (C=O) groups excluding carboxylic acids is 4. The van der Waals surface area contributed by atoms with E-state index in [0.717, 1.165) is 16.3 Å². The summed E-state index contributed by atoms with van der Waals surface area (Å²) in [6, 6.07) is 4.94. The number of rotatable bonds is 11. The number of hydrazine groups is 1. The Bertz CT molecular complexity index is 1490. The number of nitrogens with zero attached hydrogens (tertiary/aromatic N) is 2. The lowest BCUT2D eigenvalue weighted by atomic mass is 9.99. The van der Waals surface area contributed by atoms with Gasteiger partial charge in [0.05, 0.1) is 17.2 Å². The molecule has 2 heterocycles. The number of alkyl halides is 3. The molecule has 2 aliphatic rings. The zero-order valence-corrected chi connectivity index (χ0v) is 28.5. The van der Waals surface area contributed by atoms with E-state index in [0.29, 0.717) is 37.9 Å². The minimum atomic E-state index is -1.75. The third kappa shape index (κ3) is 9.32. The van der Waals surface area contributed by atoms with Crippen molar-refractivity contribution in [3.8, 4) is 0 Å². The molecule has 0 radical (unpaired) electrons. The van der Waals surface area contributed by atoms with Gasteiger partial charge < -0.3 is 20.5 Å². The maximum Gasteiger partial charge on any atom is 0.325 e. The van der Waals surface area contributed by atoms with Crippen molar-refractivity contribution < 1.29 is 29.0 Å². The van der Waals surface area contributed by atoms with Crippen molar-refractivity contribution in [1.29, 1.82) is 0 Å². The molecular formula is C32H40Cl3N5O6. The third-order valence-corrected chi connectivity index (χ3v) is 8.47. The number of amides is 3. The van der Waals surface area contributed by atoms with Crippen LogP contribution in [0, 0.1) is 11.3 Å². The summed E-state index contributed by atoms with van der Waals surface area (Å²) in [7, 11) is 0. The zero-order valence-electron chi connectivity index (χ0n) is 26.2. The van der Waals surface area contributed by atoms with Crippen LogP contribution in [-0.2, 0) is 23.9 Å². The van der Waals surface area contributed by atoms with Gasteiger partial charge in [0.15, 0.2) is 0 Å². The molecule has 1 aromatic carbocycles. The number of esters is 1. The average molecular weight is 697 g/mol. The first-order valence-corrected chi connectivity index (χ1v) is 16.4. The Labute approximate surface area is 283 Å². The summed E-state index contributed by atoms with van der Waals surface area (Å²) >= 11 is 17.0. The number of aromatic nitrogens is 1. The Kier molecular flexibility index (Phi) is 11.6. The molecule has 2 aromatic rings. The molecule has 2 fully saturated rings. The molecule has 3 amide bonds. The molecule has 14 heteroatoms. The lowest BCUT2D eigenvalue weighted by Crippen LogP contribution is -2.61. The van der Waals surface area contributed by atoms with Gasteiger partial charge in [0.25, 0.3) is 5.91 Å². The molecule has 4 N–H and O–H groups in total. The van der Waals surface area contributed by atoms with Crippen LogP contribution >= 0.6 is 34.8 Å². The van der Waals surface area contributed by atoms with E-state index in [9.17, 15) is 24.3 Å². The van der Waals surface area contributed by atoms with E-state index in [4.69, 9.17) is 39.5 Å². The summed E-state index contributed by atoms with van der Waals surface area (Å²) in [4.78, 5) is 56.8. The summed E-state index contributed by atoms with van der Waals surface area (Å²) in [5.74, 6) is -2.15. The van der Waals surface area contributed by atoms with Crippen LogP contribution < -0.4 is 16.1 Å². The molecule has 0 unspecified atom stereocenters. The Hall–Kier alpha value is -2.96. The fourth-order valence-electron chi connectivity index (χ4n) is 5.16. The number of carbonyl (C=O) groups is 4.